The first-order valence-corrected chi connectivity index (χ1v) is 7.57. The zero-order valence-electron chi connectivity index (χ0n) is 12.6. The molecule has 23 heavy (non-hydrogen) atoms. The van der Waals surface area contributed by atoms with Crippen molar-refractivity contribution in [1.29, 1.82) is 0 Å². The highest BCUT2D eigenvalue weighted by Crippen LogP contribution is 2.17. The molecule has 0 radical (unpaired) electrons. The summed E-state index contributed by atoms with van der Waals surface area (Å²) in [5.74, 6) is -1.23. The van der Waals surface area contributed by atoms with E-state index in [9.17, 15) is 13.6 Å². The molecular weight excluding hydrogens is 322 g/mol. The van der Waals surface area contributed by atoms with E-state index in [2.05, 4.69) is 10.6 Å². The average molecular weight is 339 g/mol. The second-order valence-corrected chi connectivity index (χ2v) is 5.60. The van der Waals surface area contributed by atoms with Crippen molar-refractivity contribution in [2.75, 3.05) is 6.54 Å². The van der Waals surface area contributed by atoms with Gasteiger partial charge in [0, 0.05) is 17.6 Å². The smallest absolute Gasteiger partial charge is 0.315 e. The minimum atomic E-state index is -0.618. The molecule has 2 aromatic carbocycles. The molecule has 0 spiro atoms. The summed E-state index contributed by atoms with van der Waals surface area (Å²) >= 11 is 5.91. The minimum absolute atomic E-state index is 0.212. The summed E-state index contributed by atoms with van der Waals surface area (Å²) in [6.07, 6.45) is 0.283. The summed E-state index contributed by atoms with van der Waals surface area (Å²) < 4.78 is 26.3. The molecule has 0 heterocycles. The van der Waals surface area contributed by atoms with Gasteiger partial charge >= 0.3 is 6.03 Å². The Morgan fingerprint density at radius 2 is 2.00 bits per heavy atom. The molecule has 2 rings (SSSR count). The Labute approximate surface area is 138 Å². The molecule has 0 saturated carbocycles. The van der Waals surface area contributed by atoms with Crippen LogP contribution in [0.15, 0.2) is 42.5 Å². The summed E-state index contributed by atoms with van der Waals surface area (Å²) in [6, 6.07) is 10.0. The van der Waals surface area contributed by atoms with Crippen LogP contribution in [-0.4, -0.2) is 12.6 Å². The van der Waals surface area contributed by atoms with Crippen LogP contribution in [-0.2, 0) is 6.42 Å². The molecule has 0 aliphatic carbocycles. The van der Waals surface area contributed by atoms with Gasteiger partial charge in [-0.15, -0.1) is 0 Å². The van der Waals surface area contributed by atoms with Crippen LogP contribution in [0.3, 0.4) is 0 Å². The SMILES string of the molecule is CC(NC(=O)NCCc1ccc(F)cc1F)c1cccc(Cl)c1. The molecule has 1 unspecified atom stereocenters. The van der Waals surface area contributed by atoms with Crippen LogP contribution in [0, 0.1) is 11.6 Å². The van der Waals surface area contributed by atoms with E-state index in [1.165, 1.54) is 12.1 Å². The lowest BCUT2D eigenvalue weighted by molar-refractivity contribution is 0.238. The van der Waals surface area contributed by atoms with Crippen LogP contribution in [0.2, 0.25) is 5.02 Å². The molecule has 1 atom stereocenters. The monoisotopic (exact) mass is 338 g/mol. The van der Waals surface area contributed by atoms with Gasteiger partial charge in [0.15, 0.2) is 0 Å². The quantitative estimate of drug-likeness (QED) is 0.842. The first kappa shape index (κ1) is 17.2. The van der Waals surface area contributed by atoms with Gasteiger partial charge in [-0.05, 0) is 42.7 Å². The third-order valence-corrected chi connectivity index (χ3v) is 3.63. The van der Waals surface area contributed by atoms with Gasteiger partial charge in [0.1, 0.15) is 11.6 Å². The van der Waals surface area contributed by atoms with Gasteiger partial charge in [0.25, 0.3) is 0 Å². The summed E-state index contributed by atoms with van der Waals surface area (Å²) in [7, 11) is 0. The van der Waals surface area contributed by atoms with Crippen molar-refractivity contribution in [3.8, 4) is 0 Å². The molecule has 2 N–H and O–H groups in total. The van der Waals surface area contributed by atoms with Crippen molar-refractivity contribution in [1.82, 2.24) is 10.6 Å². The molecule has 0 fully saturated rings. The maximum Gasteiger partial charge on any atom is 0.315 e. The largest absolute Gasteiger partial charge is 0.338 e. The van der Waals surface area contributed by atoms with Crippen LogP contribution in [0.4, 0.5) is 13.6 Å². The van der Waals surface area contributed by atoms with Crippen molar-refractivity contribution in [2.45, 2.75) is 19.4 Å². The van der Waals surface area contributed by atoms with E-state index in [-0.39, 0.29) is 25.0 Å². The van der Waals surface area contributed by atoms with Crippen molar-refractivity contribution >= 4 is 17.6 Å². The topological polar surface area (TPSA) is 41.1 Å². The third kappa shape index (κ3) is 5.21. The number of halogens is 3. The predicted molar refractivity (Wildman–Crippen MR) is 86.5 cm³/mol. The number of hydrogen-bond donors (Lipinski definition) is 2. The molecule has 3 nitrogen and oxygen atoms in total. The first-order valence-electron chi connectivity index (χ1n) is 7.19. The van der Waals surface area contributed by atoms with Crippen LogP contribution in [0.1, 0.15) is 24.1 Å². The lowest BCUT2D eigenvalue weighted by Gasteiger charge is -2.15. The van der Waals surface area contributed by atoms with Crippen LogP contribution < -0.4 is 10.6 Å². The fourth-order valence-corrected chi connectivity index (χ4v) is 2.34. The Balaban J connectivity index is 1.81. The van der Waals surface area contributed by atoms with Crippen molar-refractivity contribution in [3.05, 3.63) is 70.2 Å². The summed E-state index contributed by atoms with van der Waals surface area (Å²) in [5.41, 5.74) is 1.24. The van der Waals surface area contributed by atoms with Gasteiger partial charge in [-0.2, -0.15) is 0 Å². The highest BCUT2D eigenvalue weighted by Gasteiger charge is 2.10. The van der Waals surface area contributed by atoms with Gasteiger partial charge in [-0.1, -0.05) is 29.8 Å². The Morgan fingerprint density at radius 1 is 1.22 bits per heavy atom. The molecule has 0 aliphatic rings. The second kappa shape index (κ2) is 7.92. The number of carbonyl (C=O) groups is 1. The number of carbonyl (C=O) groups excluding carboxylic acids is 1. The number of benzene rings is 2. The molecule has 0 aromatic heterocycles. The number of rotatable bonds is 5. The number of urea groups is 1. The summed E-state index contributed by atoms with van der Waals surface area (Å²) in [6.45, 7) is 2.08. The molecule has 2 amide bonds. The highest BCUT2D eigenvalue weighted by molar-refractivity contribution is 6.30. The standard InChI is InChI=1S/C17H17ClF2N2O/c1-11(13-3-2-4-14(18)9-13)22-17(23)21-8-7-12-5-6-15(19)10-16(12)20/h2-6,9-11H,7-8H2,1H3,(H2,21,22,23). The van der Waals surface area contributed by atoms with E-state index >= 15 is 0 Å². The van der Waals surface area contributed by atoms with Crippen molar-refractivity contribution in [2.24, 2.45) is 0 Å². The van der Waals surface area contributed by atoms with Gasteiger partial charge in [-0.25, -0.2) is 13.6 Å². The summed E-state index contributed by atoms with van der Waals surface area (Å²) in [5, 5.41) is 6.02. The fraction of sp³-hybridized carbons (Fsp3) is 0.235. The maximum absolute atomic E-state index is 13.5. The average Bonchev–Trinajstić information content (AvgIpc) is 2.49. The summed E-state index contributed by atoms with van der Waals surface area (Å²) in [4.78, 5) is 11.8. The predicted octanol–water partition coefficient (Wildman–Crippen LogP) is 4.22. The molecule has 122 valence electrons. The van der Waals surface area contributed by atoms with E-state index in [4.69, 9.17) is 11.6 Å². The van der Waals surface area contributed by atoms with E-state index in [1.807, 2.05) is 19.1 Å². The first-order chi connectivity index (χ1) is 11.0. The zero-order chi connectivity index (χ0) is 16.8. The molecule has 2 aromatic rings. The molecule has 0 aliphatic heterocycles. The molecule has 0 bridgehead atoms. The van der Waals surface area contributed by atoms with E-state index in [0.29, 0.717) is 10.6 Å². The maximum atomic E-state index is 13.5. The van der Waals surface area contributed by atoms with E-state index in [0.717, 1.165) is 11.6 Å². The van der Waals surface area contributed by atoms with Gasteiger partial charge in [0.05, 0.1) is 6.04 Å². The number of nitrogens with one attached hydrogen (secondary N) is 2. The van der Waals surface area contributed by atoms with Crippen LogP contribution in [0.25, 0.3) is 0 Å². The Kier molecular flexibility index (Phi) is 5.93. The Morgan fingerprint density at radius 3 is 2.70 bits per heavy atom. The lowest BCUT2D eigenvalue weighted by atomic mass is 10.1. The third-order valence-electron chi connectivity index (χ3n) is 3.39. The molecular formula is C17H17ClF2N2O. The fourth-order valence-electron chi connectivity index (χ4n) is 2.14. The Bertz CT molecular complexity index is 694. The van der Waals surface area contributed by atoms with Gasteiger partial charge in [-0.3, -0.25) is 0 Å². The molecule has 0 saturated heterocycles. The zero-order valence-corrected chi connectivity index (χ0v) is 13.3. The van der Waals surface area contributed by atoms with Gasteiger partial charge < -0.3 is 10.6 Å². The number of hydrogen-bond acceptors (Lipinski definition) is 1. The van der Waals surface area contributed by atoms with Crippen molar-refractivity contribution in [3.63, 3.8) is 0 Å². The van der Waals surface area contributed by atoms with E-state index in [1.54, 1.807) is 12.1 Å². The number of amides is 2. The van der Waals surface area contributed by atoms with Crippen LogP contribution in [0.5, 0.6) is 0 Å². The normalized spacial score (nSPS) is 11.8. The Hall–Kier alpha value is -2.14. The minimum Gasteiger partial charge on any atom is -0.338 e. The van der Waals surface area contributed by atoms with Gasteiger partial charge in [0.2, 0.25) is 0 Å². The van der Waals surface area contributed by atoms with Crippen LogP contribution >= 0.6 is 11.6 Å². The van der Waals surface area contributed by atoms with E-state index < -0.39 is 11.6 Å². The molecule has 6 heteroatoms. The second-order valence-electron chi connectivity index (χ2n) is 5.16. The highest BCUT2D eigenvalue weighted by atomic mass is 35.5. The van der Waals surface area contributed by atoms with Crippen molar-refractivity contribution < 1.29 is 13.6 Å². The lowest BCUT2D eigenvalue weighted by Crippen LogP contribution is -2.38.